The molecule has 1 aliphatic rings. The number of likely N-dealkylation sites (tertiary alicyclic amines) is 1. The molecule has 0 N–H and O–H groups in total. The van der Waals surface area contributed by atoms with Crippen LogP contribution in [0.4, 0.5) is 0 Å². The first-order chi connectivity index (χ1) is 9.31. The molecule has 1 aromatic rings. The predicted molar refractivity (Wildman–Crippen MR) is 75.7 cm³/mol. The van der Waals surface area contributed by atoms with Crippen molar-refractivity contribution in [2.75, 3.05) is 26.3 Å². The molecule has 19 heavy (non-hydrogen) atoms. The normalized spacial score (nSPS) is 17.3. The number of benzene rings is 1. The second-order valence-corrected chi connectivity index (χ2v) is 5.19. The summed E-state index contributed by atoms with van der Waals surface area (Å²) >= 11 is 0. The van der Waals surface area contributed by atoms with Gasteiger partial charge in [0.05, 0.1) is 11.6 Å². The van der Waals surface area contributed by atoms with Gasteiger partial charge in [-0.1, -0.05) is 12.1 Å². The zero-order valence-corrected chi connectivity index (χ0v) is 11.6. The topological polar surface area (TPSA) is 36.3 Å². The second-order valence-electron chi connectivity index (χ2n) is 5.19. The van der Waals surface area contributed by atoms with Gasteiger partial charge in [-0.05, 0) is 56.5 Å². The molecular weight excluding hydrogens is 236 g/mol. The van der Waals surface area contributed by atoms with E-state index in [1.807, 2.05) is 12.1 Å². The average molecular weight is 258 g/mol. The van der Waals surface area contributed by atoms with E-state index in [4.69, 9.17) is 10.00 Å². The molecule has 1 aromatic carbocycles. The molecule has 0 atom stereocenters. The zero-order chi connectivity index (χ0) is 13.5. The van der Waals surface area contributed by atoms with Crippen molar-refractivity contribution >= 4 is 0 Å². The van der Waals surface area contributed by atoms with Gasteiger partial charge >= 0.3 is 0 Å². The summed E-state index contributed by atoms with van der Waals surface area (Å²) in [4.78, 5) is 2.49. The third-order valence-electron chi connectivity index (χ3n) is 3.75. The largest absolute Gasteiger partial charge is 0.381 e. The van der Waals surface area contributed by atoms with Crippen LogP contribution in [-0.2, 0) is 11.3 Å². The molecule has 3 nitrogen and oxygen atoms in total. The van der Waals surface area contributed by atoms with Crippen molar-refractivity contribution in [2.45, 2.75) is 26.3 Å². The van der Waals surface area contributed by atoms with E-state index in [1.165, 1.54) is 18.4 Å². The van der Waals surface area contributed by atoms with E-state index >= 15 is 0 Å². The maximum Gasteiger partial charge on any atom is 0.0991 e. The highest BCUT2D eigenvalue weighted by atomic mass is 16.5. The number of ether oxygens (including phenoxy) is 1. The summed E-state index contributed by atoms with van der Waals surface area (Å²) in [5.74, 6) is 0.733. The smallest absolute Gasteiger partial charge is 0.0991 e. The Balaban J connectivity index is 1.77. The van der Waals surface area contributed by atoms with Gasteiger partial charge in [-0.3, -0.25) is 4.90 Å². The highest BCUT2D eigenvalue weighted by molar-refractivity contribution is 5.31. The van der Waals surface area contributed by atoms with Crippen LogP contribution >= 0.6 is 0 Å². The Kier molecular flexibility index (Phi) is 5.38. The molecule has 0 unspecified atom stereocenters. The molecule has 2 rings (SSSR count). The first-order valence-corrected chi connectivity index (χ1v) is 7.11. The van der Waals surface area contributed by atoms with Crippen molar-refractivity contribution in [1.82, 2.24) is 4.90 Å². The maximum absolute atomic E-state index is 8.78. The van der Waals surface area contributed by atoms with Gasteiger partial charge in [0.15, 0.2) is 0 Å². The fraction of sp³-hybridized carbons (Fsp3) is 0.562. The van der Waals surface area contributed by atoms with Gasteiger partial charge in [-0.25, -0.2) is 0 Å². The molecule has 1 fully saturated rings. The summed E-state index contributed by atoms with van der Waals surface area (Å²) in [5, 5.41) is 8.78. The Morgan fingerprint density at radius 1 is 1.26 bits per heavy atom. The lowest BCUT2D eigenvalue weighted by Crippen LogP contribution is -2.34. The standard InChI is InChI=1S/C16H22N2O/c1-2-19-13-16-7-9-18(10-8-16)12-15-5-3-14(11-17)4-6-15/h3-6,16H,2,7-10,12-13H2,1H3. The maximum atomic E-state index is 8.78. The van der Waals surface area contributed by atoms with Crippen molar-refractivity contribution in [3.63, 3.8) is 0 Å². The van der Waals surface area contributed by atoms with Crippen LogP contribution in [-0.4, -0.2) is 31.2 Å². The van der Waals surface area contributed by atoms with Crippen LogP contribution in [0.25, 0.3) is 0 Å². The zero-order valence-electron chi connectivity index (χ0n) is 11.6. The molecule has 3 heteroatoms. The van der Waals surface area contributed by atoms with Gasteiger partial charge in [0.25, 0.3) is 0 Å². The van der Waals surface area contributed by atoms with E-state index in [2.05, 4.69) is 30.0 Å². The van der Waals surface area contributed by atoms with Gasteiger partial charge < -0.3 is 4.74 Å². The van der Waals surface area contributed by atoms with Crippen molar-refractivity contribution in [3.05, 3.63) is 35.4 Å². The lowest BCUT2D eigenvalue weighted by Gasteiger charge is -2.31. The van der Waals surface area contributed by atoms with Crippen LogP contribution in [0.1, 0.15) is 30.9 Å². The lowest BCUT2D eigenvalue weighted by atomic mass is 9.97. The first kappa shape index (κ1) is 14.0. The highest BCUT2D eigenvalue weighted by Gasteiger charge is 2.19. The van der Waals surface area contributed by atoms with Crippen LogP contribution in [0.15, 0.2) is 24.3 Å². The molecule has 1 heterocycles. The number of piperidine rings is 1. The third kappa shape index (κ3) is 4.34. The molecule has 0 bridgehead atoms. The molecule has 0 amide bonds. The molecule has 102 valence electrons. The second kappa shape index (κ2) is 7.28. The minimum atomic E-state index is 0.733. The van der Waals surface area contributed by atoms with Gasteiger partial charge in [-0.15, -0.1) is 0 Å². The van der Waals surface area contributed by atoms with Crippen molar-refractivity contribution < 1.29 is 4.74 Å². The van der Waals surface area contributed by atoms with Crippen LogP contribution in [0.2, 0.25) is 0 Å². The minimum absolute atomic E-state index is 0.733. The summed E-state index contributed by atoms with van der Waals surface area (Å²) in [6.07, 6.45) is 2.46. The fourth-order valence-electron chi connectivity index (χ4n) is 2.54. The number of hydrogen-bond acceptors (Lipinski definition) is 3. The van der Waals surface area contributed by atoms with Gasteiger partial charge in [0.1, 0.15) is 0 Å². The molecule has 0 radical (unpaired) electrons. The Morgan fingerprint density at radius 3 is 2.53 bits per heavy atom. The Hall–Kier alpha value is -1.37. The number of rotatable bonds is 5. The molecule has 1 saturated heterocycles. The van der Waals surface area contributed by atoms with E-state index < -0.39 is 0 Å². The van der Waals surface area contributed by atoms with Crippen LogP contribution < -0.4 is 0 Å². The molecule has 0 spiro atoms. The lowest BCUT2D eigenvalue weighted by molar-refractivity contribution is 0.0723. The molecule has 0 aliphatic carbocycles. The quantitative estimate of drug-likeness (QED) is 0.815. The average Bonchev–Trinajstić information content (AvgIpc) is 2.47. The van der Waals surface area contributed by atoms with Gasteiger partial charge in [0.2, 0.25) is 0 Å². The van der Waals surface area contributed by atoms with Gasteiger partial charge in [-0.2, -0.15) is 5.26 Å². The Labute approximate surface area is 115 Å². The van der Waals surface area contributed by atoms with Crippen LogP contribution in [0.5, 0.6) is 0 Å². The van der Waals surface area contributed by atoms with Crippen molar-refractivity contribution in [1.29, 1.82) is 5.26 Å². The van der Waals surface area contributed by atoms with Crippen LogP contribution in [0, 0.1) is 17.2 Å². The summed E-state index contributed by atoms with van der Waals surface area (Å²) in [7, 11) is 0. The minimum Gasteiger partial charge on any atom is -0.381 e. The van der Waals surface area contributed by atoms with E-state index in [1.54, 1.807) is 0 Å². The number of hydrogen-bond donors (Lipinski definition) is 0. The molecular formula is C16H22N2O. The van der Waals surface area contributed by atoms with Crippen molar-refractivity contribution in [2.24, 2.45) is 5.92 Å². The van der Waals surface area contributed by atoms with E-state index in [-0.39, 0.29) is 0 Å². The molecule has 1 aliphatic heterocycles. The Bertz CT molecular complexity index is 413. The van der Waals surface area contributed by atoms with E-state index in [0.717, 1.165) is 44.3 Å². The molecule has 0 aromatic heterocycles. The third-order valence-corrected chi connectivity index (χ3v) is 3.75. The summed E-state index contributed by atoms with van der Waals surface area (Å²) in [6, 6.07) is 10.1. The number of nitriles is 1. The summed E-state index contributed by atoms with van der Waals surface area (Å²) < 4.78 is 5.50. The molecule has 0 saturated carbocycles. The van der Waals surface area contributed by atoms with Crippen molar-refractivity contribution in [3.8, 4) is 6.07 Å². The first-order valence-electron chi connectivity index (χ1n) is 7.11. The van der Waals surface area contributed by atoms with E-state index in [0.29, 0.717) is 0 Å². The number of nitrogens with zero attached hydrogens (tertiary/aromatic N) is 2. The summed E-state index contributed by atoms with van der Waals surface area (Å²) in [5.41, 5.74) is 2.03. The Morgan fingerprint density at radius 2 is 1.95 bits per heavy atom. The SMILES string of the molecule is CCOCC1CCN(Cc2ccc(C#N)cc2)CC1. The monoisotopic (exact) mass is 258 g/mol. The highest BCUT2D eigenvalue weighted by Crippen LogP contribution is 2.19. The van der Waals surface area contributed by atoms with E-state index in [9.17, 15) is 0 Å². The van der Waals surface area contributed by atoms with Gasteiger partial charge in [0, 0.05) is 19.8 Å². The fourth-order valence-corrected chi connectivity index (χ4v) is 2.54. The summed E-state index contributed by atoms with van der Waals surface area (Å²) in [6.45, 7) is 7.09. The van der Waals surface area contributed by atoms with Crippen LogP contribution in [0.3, 0.4) is 0 Å². The predicted octanol–water partition coefficient (Wildman–Crippen LogP) is 2.81.